The highest BCUT2D eigenvalue weighted by Gasteiger charge is 2.23. The second kappa shape index (κ2) is 8.66. The fourth-order valence-corrected chi connectivity index (χ4v) is 4.65. The lowest BCUT2D eigenvalue weighted by atomic mass is 10.1. The molecular formula is C19H18FNO5S2. The van der Waals surface area contributed by atoms with Crippen molar-refractivity contribution < 1.29 is 23.5 Å². The lowest BCUT2D eigenvalue weighted by molar-refractivity contribution is -0.145. The summed E-state index contributed by atoms with van der Waals surface area (Å²) in [7, 11) is 0. The van der Waals surface area contributed by atoms with Gasteiger partial charge < -0.3 is 14.0 Å². The summed E-state index contributed by atoms with van der Waals surface area (Å²) in [4.78, 5) is 36.2. The Morgan fingerprint density at radius 3 is 2.71 bits per heavy atom. The molecule has 1 aromatic carbocycles. The van der Waals surface area contributed by atoms with E-state index in [1.807, 2.05) is 0 Å². The number of esters is 2. The number of thiophene rings is 1. The second-order valence-electron chi connectivity index (χ2n) is 5.95. The van der Waals surface area contributed by atoms with Crippen molar-refractivity contribution in [2.24, 2.45) is 0 Å². The zero-order chi connectivity index (χ0) is 20.3. The molecular weight excluding hydrogens is 405 g/mol. The van der Waals surface area contributed by atoms with Crippen molar-refractivity contribution in [1.82, 2.24) is 4.57 Å². The summed E-state index contributed by atoms with van der Waals surface area (Å²) >= 11 is 2.17. The predicted molar refractivity (Wildman–Crippen MR) is 105 cm³/mol. The number of rotatable bonds is 7. The fraction of sp³-hybridized carbons (Fsp3) is 0.316. The van der Waals surface area contributed by atoms with Gasteiger partial charge in [0, 0.05) is 33.3 Å². The number of nitrogens with zero attached hydrogens (tertiary/aromatic N) is 1. The summed E-state index contributed by atoms with van der Waals surface area (Å²) < 4.78 is 26.7. The second-order valence-corrected chi connectivity index (χ2v) is 7.82. The van der Waals surface area contributed by atoms with Crippen molar-refractivity contribution in [3.63, 3.8) is 0 Å². The number of hydrogen-bond acceptors (Lipinski definition) is 7. The van der Waals surface area contributed by atoms with Crippen molar-refractivity contribution in [2.45, 2.75) is 33.4 Å². The molecule has 148 valence electrons. The Morgan fingerprint density at radius 2 is 2.04 bits per heavy atom. The van der Waals surface area contributed by atoms with Crippen molar-refractivity contribution in [1.29, 1.82) is 0 Å². The molecule has 0 amide bonds. The summed E-state index contributed by atoms with van der Waals surface area (Å²) in [5.41, 5.74) is 1.08. The first-order valence-electron chi connectivity index (χ1n) is 8.60. The number of fused-ring (bicyclic) bond motifs is 1. The normalized spacial score (nSPS) is 11.0. The van der Waals surface area contributed by atoms with Crippen molar-refractivity contribution >= 4 is 44.7 Å². The average molecular weight is 423 g/mol. The zero-order valence-corrected chi connectivity index (χ0v) is 17.0. The van der Waals surface area contributed by atoms with Gasteiger partial charge in [-0.05, 0) is 26.0 Å². The topological polar surface area (TPSA) is 74.6 Å². The molecule has 28 heavy (non-hydrogen) atoms. The number of thiazole rings is 1. The van der Waals surface area contributed by atoms with Crippen LogP contribution in [0.1, 0.15) is 34.3 Å². The van der Waals surface area contributed by atoms with Crippen LogP contribution in [0.3, 0.4) is 0 Å². The molecule has 0 radical (unpaired) electrons. The maximum absolute atomic E-state index is 14.3. The zero-order valence-electron chi connectivity index (χ0n) is 15.3. The Kier molecular flexibility index (Phi) is 6.25. The largest absolute Gasteiger partial charge is 0.462 e. The number of halogens is 1. The van der Waals surface area contributed by atoms with E-state index in [1.54, 1.807) is 31.4 Å². The molecule has 0 aliphatic heterocycles. The van der Waals surface area contributed by atoms with E-state index in [9.17, 15) is 18.8 Å². The average Bonchev–Trinajstić information content (AvgIpc) is 3.19. The van der Waals surface area contributed by atoms with E-state index in [0.29, 0.717) is 10.3 Å². The van der Waals surface area contributed by atoms with Crippen LogP contribution >= 0.6 is 22.7 Å². The molecule has 2 aromatic heterocycles. The van der Waals surface area contributed by atoms with Gasteiger partial charge in [0.2, 0.25) is 0 Å². The molecule has 0 aliphatic rings. The van der Waals surface area contributed by atoms with Crippen molar-refractivity contribution in [2.75, 3.05) is 6.61 Å². The first-order chi connectivity index (χ1) is 13.4. The van der Waals surface area contributed by atoms with Gasteiger partial charge in [-0.2, -0.15) is 0 Å². The lowest BCUT2D eigenvalue weighted by Gasteiger charge is -2.08. The van der Waals surface area contributed by atoms with E-state index >= 15 is 0 Å². The molecule has 6 nitrogen and oxygen atoms in total. The molecule has 0 atom stereocenters. The summed E-state index contributed by atoms with van der Waals surface area (Å²) in [6, 6.07) is 4.55. The minimum atomic E-state index is -0.574. The van der Waals surface area contributed by atoms with Crippen LogP contribution in [0.4, 0.5) is 4.39 Å². The summed E-state index contributed by atoms with van der Waals surface area (Å²) in [6.45, 7) is 3.61. The third kappa shape index (κ3) is 4.15. The van der Waals surface area contributed by atoms with Gasteiger partial charge in [0.1, 0.15) is 17.3 Å². The number of ether oxygens (including phenoxy) is 2. The van der Waals surface area contributed by atoms with Crippen LogP contribution in [0, 0.1) is 12.7 Å². The molecule has 0 N–H and O–H groups in total. The van der Waals surface area contributed by atoms with Gasteiger partial charge in [-0.15, -0.1) is 11.3 Å². The summed E-state index contributed by atoms with van der Waals surface area (Å²) in [5.74, 6) is -1.60. The minimum Gasteiger partial charge on any atom is -0.462 e. The maximum Gasteiger partial charge on any atom is 0.348 e. The van der Waals surface area contributed by atoms with Crippen LogP contribution in [-0.2, 0) is 27.4 Å². The lowest BCUT2D eigenvalue weighted by Crippen LogP contribution is -2.18. The number of benzene rings is 1. The molecule has 0 saturated carbocycles. The Morgan fingerprint density at radius 1 is 1.25 bits per heavy atom. The van der Waals surface area contributed by atoms with Crippen LogP contribution in [0.5, 0.6) is 0 Å². The summed E-state index contributed by atoms with van der Waals surface area (Å²) in [5, 5.41) is 1.98. The molecule has 0 aliphatic carbocycles. The molecule has 3 rings (SSSR count). The number of carbonyl (C=O) groups excluding carboxylic acids is 2. The van der Waals surface area contributed by atoms with Crippen LogP contribution in [0.15, 0.2) is 28.4 Å². The van der Waals surface area contributed by atoms with E-state index in [1.165, 1.54) is 10.6 Å². The van der Waals surface area contributed by atoms with Crippen LogP contribution in [-0.4, -0.2) is 23.1 Å². The SMILES string of the molecule is CCOC(=O)c1sc2cccc(F)c2c1COC(=O)CCn1c(C)csc1=O. The minimum absolute atomic E-state index is 0.00320. The van der Waals surface area contributed by atoms with Crippen LogP contribution in [0.25, 0.3) is 10.1 Å². The quantitative estimate of drug-likeness (QED) is 0.539. The Balaban J connectivity index is 1.77. The smallest absolute Gasteiger partial charge is 0.348 e. The fourth-order valence-electron chi connectivity index (χ4n) is 2.77. The van der Waals surface area contributed by atoms with Gasteiger partial charge in [0.05, 0.1) is 13.0 Å². The molecule has 2 heterocycles. The van der Waals surface area contributed by atoms with E-state index < -0.39 is 17.8 Å². The predicted octanol–water partition coefficient (Wildman–Crippen LogP) is 3.88. The monoisotopic (exact) mass is 423 g/mol. The Bertz CT molecular complexity index is 1080. The number of aromatic nitrogens is 1. The molecule has 9 heteroatoms. The van der Waals surface area contributed by atoms with Gasteiger partial charge in [0.15, 0.2) is 0 Å². The van der Waals surface area contributed by atoms with Crippen LogP contribution < -0.4 is 4.87 Å². The third-order valence-electron chi connectivity index (χ3n) is 4.12. The highest BCUT2D eigenvalue weighted by molar-refractivity contribution is 7.21. The molecule has 0 unspecified atom stereocenters. The first kappa shape index (κ1) is 20.2. The summed E-state index contributed by atoms with van der Waals surface area (Å²) in [6.07, 6.45) is -0.00320. The molecule has 0 fully saturated rings. The molecule has 0 saturated heterocycles. The maximum atomic E-state index is 14.3. The molecule has 3 aromatic rings. The van der Waals surface area contributed by atoms with E-state index in [0.717, 1.165) is 28.4 Å². The molecule has 0 spiro atoms. The highest BCUT2D eigenvalue weighted by Crippen LogP contribution is 2.34. The van der Waals surface area contributed by atoms with Gasteiger partial charge in [-0.3, -0.25) is 9.59 Å². The van der Waals surface area contributed by atoms with Crippen molar-refractivity contribution in [3.8, 4) is 0 Å². The van der Waals surface area contributed by atoms with Crippen molar-refractivity contribution in [3.05, 3.63) is 55.2 Å². The van der Waals surface area contributed by atoms with Crippen LogP contribution in [0.2, 0.25) is 0 Å². The van der Waals surface area contributed by atoms with Gasteiger partial charge in [-0.25, -0.2) is 9.18 Å². The van der Waals surface area contributed by atoms with E-state index in [4.69, 9.17) is 9.47 Å². The first-order valence-corrected chi connectivity index (χ1v) is 10.3. The van der Waals surface area contributed by atoms with Gasteiger partial charge >= 0.3 is 16.8 Å². The number of carbonyl (C=O) groups is 2. The van der Waals surface area contributed by atoms with E-state index in [-0.39, 0.29) is 41.3 Å². The number of aryl methyl sites for hydroxylation is 1. The Labute approximate surface area is 168 Å². The van der Waals surface area contributed by atoms with E-state index in [2.05, 4.69) is 0 Å². The standard InChI is InChI=1S/C19H18FNO5S2/c1-3-25-18(23)17-12(16-13(20)5-4-6-14(16)28-17)9-26-15(22)7-8-21-11(2)10-27-19(21)24/h4-6,10H,3,7-9H2,1-2H3. The number of hydrogen-bond donors (Lipinski definition) is 0. The highest BCUT2D eigenvalue weighted by atomic mass is 32.1. The molecule has 0 bridgehead atoms. The third-order valence-corrected chi connectivity index (χ3v) is 6.18. The van der Waals surface area contributed by atoms with Gasteiger partial charge in [0.25, 0.3) is 0 Å². The van der Waals surface area contributed by atoms with Gasteiger partial charge in [-0.1, -0.05) is 17.4 Å². The Hall–Kier alpha value is -2.52.